The maximum Gasteiger partial charge on any atom is 0.207 e. The maximum absolute atomic E-state index is 13.6. The normalized spacial score (nSPS) is 15.7. The molecule has 0 saturated heterocycles. The quantitative estimate of drug-likeness (QED) is 0.439. The van der Waals surface area contributed by atoms with Crippen LogP contribution < -0.4 is 4.90 Å². The number of fused-ring (bicyclic) bond motifs is 2. The number of anilines is 1. The molecule has 5 rings (SSSR count). The van der Waals surface area contributed by atoms with Crippen molar-refractivity contribution in [2.75, 3.05) is 17.2 Å². The molecular weight excluding hydrogens is 456 g/mol. The minimum absolute atomic E-state index is 0.0712. The van der Waals surface area contributed by atoms with E-state index in [1.54, 1.807) is 66.7 Å². The summed E-state index contributed by atoms with van der Waals surface area (Å²) in [4.78, 5) is 7.33. The third-order valence-electron chi connectivity index (χ3n) is 5.96. The van der Waals surface area contributed by atoms with Gasteiger partial charge in [-0.1, -0.05) is 54.6 Å². The molecule has 1 aliphatic rings. The van der Waals surface area contributed by atoms with Crippen LogP contribution in [-0.2, 0) is 26.2 Å². The first-order chi connectivity index (χ1) is 15.8. The zero-order valence-corrected chi connectivity index (χ0v) is 19.6. The Balaban J connectivity index is 1.72. The highest BCUT2D eigenvalue weighted by Crippen LogP contribution is 2.34. The van der Waals surface area contributed by atoms with Crippen LogP contribution in [0.4, 0.5) is 5.82 Å². The van der Waals surface area contributed by atoms with E-state index >= 15 is 0 Å². The summed E-state index contributed by atoms with van der Waals surface area (Å²) in [5.41, 5.74) is 2.11. The Morgan fingerprint density at radius 1 is 0.909 bits per heavy atom. The monoisotopic (exact) mass is 478 g/mol. The molecule has 33 heavy (non-hydrogen) atoms. The molecule has 0 radical (unpaired) electrons. The summed E-state index contributed by atoms with van der Waals surface area (Å²) in [7, 11) is -7.26. The van der Waals surface area contributed by atoms with E-state index in [9.17, 15) is 16.8 Å². The van der Waals surface area contributed by atoms with E-state index < -0.39 is 19.7 Å². The van der Waals surface area contributed by atoms with Crippen molar-refractivity contribution >= 4 is 36.4 Å². The van der Waals surface area contributed by atoms with Gasteiger partial charge in [0.2, 0.25) is 9.84 Å². The summed E-state index contributed by atoms with van der Waals surface area (Å²) in [6.07, 6.45) is 0. The molecule has 2 heterocycles. The molecule has 0 spiro atoms. The number of para-hydroxylation sites is 1. The maximum atomic E-state index is 13.6. The van der Waals surface area contributed by atoms with Crippen LogP contribution in [0.5, 0.6) is 0 Å². The van der Waals surface area contributed by atoms with Crippen LogP contribution in [0.1, 0.15) is 11.1 Å². The number of nitrogens with zero attached hydrogens (tertiary/aromatic N) is 2. The van der Waals surface area contributed by atoms with Crippen molar-refractivity contribution in [3.8, 4) is 0 Å². The molecule has 0 fully saturated rings. The summed E-state index contributed by atoms with van der Waals surface area (Å²) in [6.45, 7) is 2.43. The van der Waals surface area contributed by atoms with E-state index in [1.807, 2.05) is 24.0 Å². The molecule has 1 aliphatic heterocycles. The van der Waals surface area contributed by atoms with Gasteiger partial charge in [0.05, 0.1) is 26.0 Å². The third kappa shape index (κ3) is 3.79. The highest BCUT2D eigenvalue weighted by atomic mass is 32.2. The third-order valence-corrected chi connectivity index (χ3v) is 9.55. The molecule has 0 bridgehead atoms. The van der Waals surface area contributed by atoms with Crippen LogP contribution in [0.2, 0.25) is 0 Å². The largest absolute Gasteiger partial charge is 0.351 e. The number of aryl methyl sites for hydroxylation is 1. The topological polar surface area (TPSA) is 84.4 Å². The second-order valence-corrected chi connectivity index (χ2v) is 12.1. The minimum Gasteiger partial charge on any atom is -0.351 e. The Kier molecular flexibility index (Phi) is 5.22. The van der Waals surface area contributed by atoms with Gasteiger partial charge in [0.15, 0.2) is 9.84 Å². The fraction of sp³-hybridized carbons (Fsp3) is 0.160. The van der Waals surface area contributed by atoms with Crippen LogP contribution in [0.25, 0.3) is 10.9 Å². The van der Waals surface area contributed by atoms with Gasteiger partial charge in [-0.05, 0) is 36.2 Å². The first-order valence-corrected chi connectivity index (χ1v) is 13.7. The molecule has 3 aromatic carbocycles. The number of sulfone groups is 2. The molecule has 1 aromatic heterocycles. The average molecular weight is 479 g/mol. The molecule has 6 nitrogen and oxygen atoms in total. The lowest BCUT2D eigenvalue weighted by atomic mass is 10.1. The Morgan fingerprint density at radius 3 is 2.42 bits per heavy atom. The number of hydrogen-bond acceptors (Lipinski definition) is 6. The van der Waals surface area contributed by atoms with Gasteiger partial charge in [0, 0.05) is 24.5 Å². The fourth-order valence-corrected chi connectivity index (χ4v) is 7.20. The molecule has 0 amide bonds. The van der Waals surface area contributed by atoms with Gasteiger partial charge in [-0.15, -0.1) is 0 Å². The van der Waals surface area contributed by atoms with Gasteiger partial charge in [-0.25, -0.2) is 21.8 Å². The predicted octanol–water partition coefficient (Wildman–Crippen LogP) is 4.17. The first-order valence-electron chi connectivity index (χ1n) is 10.5. The molecule has 0 aliphatic carbocycles. The van der Waals surface area contributed by atoms with Crippen molar-refractivity contribution in [2.45, 2.75) is 28.2 Å². The van der Waals surface area contributed by atoms with Crippen molar-refractivity contribution in [2.24, 2.45) is 0 Å². The molecule has 0 saturated carbocycles. The Bertz CT molecular complexity index is 1580. The second-order valence-electron chi connectivity index (χ2n) is 8.11. The van der Waals surface area contributed by atoms with Crippen LogP contribution in [0.15, 0.2) is 93.5 Å². The van der Waals surface area contributed by atoms with Crippen LogP contribution >= 0.6 is 0 Å². The number of aromatic nitrogens is 1. The van der Waals surface area contributed by atoms with E-state index in [0.29, 0.717) is 33.7 Å². The summed E-state index contributed by atoms with van der Waals surface area (Å²) < 4.78 is 52.9. The van der Waals surface area contributed by atoms with E-state index in [4.69, 9.17) is 4.98 Å². The van der Waals surface area contributed by atoms with Crippen molar-refractivity contribution in [3.63, 3.8) is 0 Å². The van der Waals surface area contributed by atoms with E-state index in [-0.39, 0.29) is 22.1 Å². The molecule has 0 unspecified atom stereocenters. The number of rotatable bonds is 3. The second kappa shape index (κ2) is 7.97. The molecule has 0 atom stereocenters. The average Bonchev–Trinajstić information content (AvgIpc) is 2.95. The Morgan fingerprint density at radius 2 is 1.64 bits per heavy atom. The number of benzene rings is 3. The van der Waals surface area contributed by atoms with E-state index in [2.05, 4.69) is 0 Å². The number of hydrogen-bond donors (Lipinski definition) is 0. The standard InChI is InChI=1S/C25H22N2O4S2/c1-18-8-7-12-21-23(33(30,31)20-10-3-2-4-11-20)16-24(26-25(18)21)27-14-15-32(28,29)22-13-6-5-9-19(22)17-27/h2-13,16H,14-15,17H2,1H3. The summed E-state index contributed by atoms with van der Waals surface area (Å²) in [6, 6.07) is 22.3. The molecule has 8 heteroatoms. The predicted molar refractivity (Wildman–Crippen MR) is 128 cm³/mol. The molecule has 4 aromatic rings. The van der Waals surface area contributed by atoms with Gasteiger partial charge in [0.1, 0.15) is 5.82 Å². The lowest BCUT2D eigenvalue weighted by molar-refractivity contribution is 0.594. The van der Waals surface area contributed by atoms with Gasteiger partial charge < -0.3 is 4.90 Å². The van der Waals surface area contributed by atoms with Crippen molar-refractivity contribution < 1.29 is 16.8 Å². The highest BCUT2D eigenvalue weighted by molar-refractivity contribution is 7.92. The first kappa shape index (κ1) is 21.6. The van der Waals surface area contributed by atoms with E-state index in [0.717, 1.165) is 5.56 Å². The van der Waals surface area contributed by atoms with Crippen LogP contribution in [-0.4, -0.2) is 34.1 Å². The van der Waals surface area contributed by atoms with Gasteiger partial charge >= 0.3 is 0 Å². The van der Waals surface area contributed by atoms with Crippen molar-refractivity contribution in [1.82, 2.24) is 4.98 Å². The Labute approximate surface area is 193 Å². The molecule has 0 N–H and O–H groups in total. The zero-order valence-electron chi connectivity index (χ0n) is 18.0. The molecular formula is C25H22N2O4S2. The number of pyridine rings is 1. The summed E-state index contributed by atoms with van der Waals surface area (Å²) >= 11 is 0. The van der Waals surface area contributed by atoms with Gasteiger partial charge in [0.25, 0.3) is 0 Å². The smallest absolute Gasteiger partial charge is 0.207 e. The van der Waals surface area contributed by atoms with Crippen LogP contribution in [0, 0.1) is 6.92 Å². The Hall–Kier alpha value is -3.23. The fourth-order valence-electron chi connectivity index (χ4n) is 4.22. The SMILES string of the molecule is Cc1cccc2c(S(=O)(=O)c3ccccc3)cc(N3CCS(=O)(=O)c4ccccc4C3)nc12. The zero-order chi connectivity index (χ0) is 23.2. The van der Waals surface area contributed by atoms with Crippen molar-refractivity contribution in [1.29, 1.82) is 0 Å². The highest BCUT2D eigenvalue weighted by Gasteiger charge is 2.28. The van der Waals surface area contributed by atoms with Crippen LogP contribution in [0.3, 0.4) is 0 Å². The lowest BCUT2D eigenvalue weighted by Gasteiger charge is -2.23. The lowest BCUT2D eigenvalue weighted by Crippen LogP contribution is -2.27. The summed E-state index contributed by atoms with van der Waals surface area (Å²) in [5.74, 6) is 0.372. The summed E-state index contributed by atoms with van der Waals surface area (Å²) in [5, 5.41) is 0.547. The minimum atomic E-state index is -3.82. The van der Waals surface area contributed by atoms with Gasteiger partial charge in [-0.3, -0.25) is 0 Å². The van der Waals surface area contributed by atoms with Gasteiger partial charge in [-0.2, -0.15) is 0 Å². The van der Waals surface area contributed by atoms with Crippen molar-refractivity contribution in [3.05, 3.63) is 90.0 Å². The molecule has 168 valence electrons. The van der Waals surface area contributed by atoms with E-state index in [1.165, 1.54) is 0 Å².